The van der Waals surface area contributed by atoms with Crippen molar-refractivity contribution in [3.63, 3.8) is 0 Å². The van der Waals surface area contributed by atoms with Gasteiger partial charge < -0.3 is 15.1 Å². The lowest BCUT2D eigenvalue weighted by Crippen LogP contribution is -2.41. The summed E-state index contributed by atoms with van der Waals surface area (Å²) in [6.45, 7) is 8.23. The molecule has 5 nitrogen and oxygen atoms in total. The van der Waals surface area contributed by atoms with Gasteiger partial charge in [-0.05, 0) is 19.0 Å². The first-order valence-electron chi connectivity index (χ1n) is 7.31. The van der Waals surface area contributed by atoms with E-state index in [-0.39, 0.29) is 6.03 Å². The SMILES string of the molecule is CCN1Cc2c(sc(CN3CCNC3=O)c2C)N(CF)C1. The van der Waals surface area contributed by atoms with Crippen LogP contribution < -0.4 is 10.2 Å². The van der Waals surface area contributed by atoms with Crippen molar-refractivity contribution >= 4 is 22.4 Å². The average Bonchev–Trinajstić information content (AvgIpc) is 3.03. The third kappa shape index (κ3) is 2.60. The number of amides is 2. The van der Waals surface area contributed by atoms with Gasteiger partial charge in [0.2, 0.25) is 0 Å². The molecule has 2 amide bonds. The molecule has 3 heterocycles. The minimum Gasteiger partial charge on any atom is -0.336 e. The number of anilines is 1. The number of rotatable bonds is 4. The van der Waals surface area contributed by atoms with Crippen LogP contribution in [0, 0.1) is 6.92 Å². The van der Waals surface area contributed by atoms with Crippen molar-refractivity contribution in [2.75, 3.05) is 38.0 Å². The summed E-state index contributed by atoms with van der Waals surface area (Å²) < 4.78 is 13.3. The monoisotopic (exact) mass is 312 g/mol. The predicted molar refractivity (Wildman–Crippen MR) is 82.3 cm³/mol. The van der Waals surface area contributed by atoms with Crippen molar-refractivity contribution < 1.29 is 9.18 Å². The van der Waals surface area contributed by atoms with E-state index in [1.54, 1.807) is 16.2 Å². The molecule has 1 aromatic rings. The molecule has 1 fully saturated rings. The Morgan fingerprint density at radius 3 is 2.81 bits per heavy atom. The topological polar surface area (TPSA) is 38.8 Å². The molecule has 0 bridgehead atoms. The van der Waals surface area contributed by atoms with Crippen molar-refractivity contribution in [3.05, 3.63) is 16.0 Å². The van der Waals surface area contributed by atoms with Gasteiger partial charge in [0, 0.05) is 30.1 Å². The summed E-state index contributed by atoms with van der Waals surface area (Å²) in [6.07, 6.45) is 0. The maximum atomic E-state index is 13.3. The van der Waals surface area contributed by atoms with Crippen molar-refractivity contribution in [2.45, 2.75) is 26.9 Å². The minimum atomic E-state index is -0.465. The maximum Gasteiger partial charge on any atom is 0.317 e. The number of carbonyl (C=O) groups excluding carboxylic acids is 1. The van der Waals surface area contributed by atoms with E-state index >= 15 is 0 Å². The number of fused-ring (bicyclic) bond motifs is 1. The molecule has 0 saturated carbocycles. The smallest absolute Gasteiger partial charge is 0.317 e. The Labute approximate surface area is 128 Å². The number of halogens is 1. The maximum absolute atomic E-state index is 13.3. The Balaban J connectivity index is 1.87. The number of nitrogens with zero attached hydrogens (tertiary/aromatic N) is 3. The van der Waals surface area contributed by atoms with E-state index in [4.69, 9.17) is 0 Å². The van der Waals surface area contributed by atoms with Crippen molar-refractivity contribution in [2.24, 2.45) is 0 Å². The molecule has 7 heteroatoms. The van der Waals surface area contributed by atoms with E-state index in [9.17, 15) is 9.18 Å². The van der Waals surface area contributed by atoms with Crippen LogP contribution in [0.2, 0.25) is 0 Å². The van der Waals surface area contributed by atoms with Gasteiger partial charge >= 0.3 is 6.03 Å². The molecule has 0 aromatic carbocycles. The van der Waals surface area contributed by atoms with Crippen LogP contribution in [0.1, 0.15) is 22.9 Å². The van der Waals surface area contributed by atoms with E-state index in [0.717, 1.165) is 24.6 Å². The molecule has 3 rings (SSSR count). The quantitative estimate of drug-likeness (QED) is 0.866. The minimum absolute atomic E-state index is 0.00157. The largest absolute Gasteiger partial charge is 0.336 e. The molecule has 1 aromatic heterocycles. The molecule has 0 unspecified atom stereocenters. The standard InChI is InChI=1S/C14H21FN4OS/c1-3-17-6-11-10(2)12(7-18-5-4-16-14(18)20)21-13(11)19(8-15)9-17/h3-9H2,1-2H3,(H,16,20). The summed E-state index contributed by atoms with van der Waals surface area (Å²) in [5.74, 6) is 0. The zero-order valence-corrected chi connectivity index (χ0v) is 13.3. The lowest BCUT2D eigenvalue weighted by atomic mass is 10.1. The number of hydrogen-bond donors (Lipinski definition) is 1. The number of carbonyl (C=O) groups is 1. The first-order chi connectivity index (χ1) is 10.1. The van der Waals surface area contributed by atoms with Crippen LogP contribution in [-0.4, -0.2) is 48.9 Å². The van der Waals surface area contributed by atoms with E-state index < -0.39 is 6.80 Å². The van der Waals surface area contributed by atoms with Gasteiger partial charge in [-0.15, -0.1) is 11.3 Å². The third-order valence-corrected chi connectivity index (χ3v) is 5.64. The van der Waals surface area contributed by atoms with Crippen LogP contribution >= 0.6 is 11.3 Å². The van der Waals surface area contributed by atoms with Gasteiger partial charge in [-0.25, -0.2) is 9.18 Å². The van der Waals surface area contributed by atoms with E-state index in [1.165, 1.54) is 16.0 Å². The highest BCUT2D eigenvalue weighted by Gasteiger charge is 2.28. The lowest BCUT2D eigenvalue weighted by molar-refractivity contribution is 0.216. The number of hydrogen-bond acceptors (Lipinski definition) is 4. The molecule has 2 aliphatic heterocycles. The molecular weight excluding hydrogens is 291 g/mol. The fourth-order valence-corrected chi connectivity index (χ4v) is 4.20. The third-order valence-electron chi connectivity index (χ3n) is 4.26. The number of thiophene rings is 1. The first-order valence-corrected chi connectivity index (χ1v) is 8.12. The second-order valence-corrected chi connectivity index (χ2v) is 6.62. The first kappa shape index (κ1) is 14.6. The summed E-state index contributed by atoms with van der Waals surface area (Å²) >= 11 is 1.63. The molecule has 1 N–H and O–H groups in total. The summed E-state index contributed by atoms with van der Waals surface area (Å²) in [5, 5.41) is 3.86. The number of nitrogens with one attached hydrogen (secondary N) is 1. The Kier molecular flexibility index (Phi) is 4.03. The van der Waals surface area contributed by atoms with Gasteiger partial charge in [0.25, 0.3) is 0 Å². The van der Waals surface area contributed by atoms with Crippen LogP contribution in [0.15, 0.2) is 0 Å². The Morgan fingerprint density at radius 2 is 2.19 bits per heavy atom. The molecule has 0 spiro atoms. The fraction of sp³-hybridized carbons (Fsp3) is 0.643. The molecule has 116 valence electrons. The van der Waals surface area contributed by atoms with Crippen LogP contribution in [0.25, 0.3) is 0 Å². The fourth-order valence-electron chi connectivity index (χ4n) is 2.89. The lowest BCUT2D eigenvalue weighted by Gasteiger charge is -2.34. The van der Waals surface area contributed by atoms with Gasteiger partial charge in [0.05, 0.1) is 18.2 Å². The second-order valence-electron chi connectivity index (χ2n) is 5.53. The molecule has 0 aliphatic carbocycles. The zero-order chi connectivity index (χ0) is 15.0. The second kappa shape index (κ2) is 5.81. The highest BCUT2D eigenvalue weighted by Crippen LogP contribution is 2.40. The van der Waals surface area contributed by atoms with Gasteiger partial charge in [-0.2, -0.15) is 0 Å². The van der Waals surface area contributed by atoms with Crippen LogP contribution in [0.3, 0.4) is 0 Å². The summed E-state index contributed by atoms with van der Waals surface area (Å²) in [7, 11) is 0. The molecular formula is C14H21FN4OS. The van der Waals surface area contributed by atoms with E-state index in [1.807, 2.05) is 4.90 Å². The van der Waals surface area contributed by atoms with Crippen LogP contribution in [-0.2, 0) is 13.1 Å². The molecule has 0 atom stereocenters. The molecule has 2 aliphatic rings. The van der Waals surface area contributed by atoms with Crippen molar-refractivity contribution in [1.82, 2.24) is 15.1 Å². The van der Waals surface area contributed by atoms with Gasteiger partial charge in [0.15, 0.2) is 6.80 Å². The summed E-state index contributed by atoms with van der Waals surface area (Å²) in [4.78, 5) is 18.7. The van der Waals surface area contributed by atoms with Crippen LogP contribution in [0.5, 0.6) is 0 Å². The van der Waals surface area contributed by atoms with Crippen molar-refractivity contribution in [1.29, 1.82) is 0 Å². The van der Waals surface area contributed by atoms with Gasteiger partial charge in [0.1, 0.15) is 0 Å². The Hall–Kier alpha value is -1.34. The summed E-state index contributed by atoms with van der Waals surface area (Å²) in [6, 6.07) is -0.00157. The van der Waals surface area contributed by atoms with E-state index in [2.05, 4.69) is 24.1 Å². The van der Waals surface area contributed by atoms with Gasteiger partial charge in [-0.1, -0.05) is 6.92 Å². The molecule has 1 saturated heterocycles. The zero-order valence-electron chi connectivity index (χ0n) is 12.5. The van der Waals surface area contributed by atoms with Crippen molar-refractivity contribution in [3.8, 4) is 0 Å². The highest BCUT2D eigenvalue weighted by atomic mass is 32.1. The Bertz CT molecular complexity index is 547. The molecule has 21 heavy (non-hydrogen) atoms. The normalized spacial score (nSPS) is 19.1. The summed E-state index contributed by atoms with van der Waals surface area (Å²) in [5.41, 5.74) is 2.44. The van der Waals surface area contributed by atoms with Gasteiger partial charge in [-0.3, -0.25) is 4.90 Å². The average molecular weight is 312 g/mol. The number of alkyl halides is 1. The number of urea groups is 1. The van der Waals surface area contributed by atoms with Crippen LogP contribution in [0.4, 0.5) is 14.2 Å². The molecule has 0 radical (unpaired) electrons. The predicted octanol–water partition coefficient (Wildman–Crippen LogP) is 2.11. The highest BCUT2D eigenvalue weighted by molar-refractivity contribution is 7.16. The Morgan fingerprint density at radius 1 is 1.38 bits per heavy atom. The van der Waals surface area contributed by atoms with E-state index in [0.29, 0.717) is 19.8 Å².